The summed E-state index contributed by atoms with van der Waals surface area (Å²) in [5.41, 5.74) is 3.80. The molecule has 2 aromatic rings. The van der Waals surface area contributed by atoms with Gasteiger partial charge in [-0.25, -0.2) is 0 Å². The van der Waals surface area contributed by atoms with Gasteiger partial charge in [-0.2, -0.15) is 5.10 Å². The number of hydrogen-bond acceptors (Lipinski definition) is 3. The molecule has 0 aliphatic carbocycles. The van der Waals surface area contributed by atoms with E-state index in [0.29, 0.717) is 6.54 Å². The summed E-state index contributed by atoms with van der Waals surface area (Å²) in [4.78, 5) is 6.84. The SMILES string of the molecule is CN=C(NCc1ccc(CN2CCCCC2)cc1)NCc1cnn(C)c1. The van der Waals surface area contributed by atoms with Crippen molar-refractivity contribution < 1.29 is 0 Å². The molecule has 0 amide bonds. The number of guanidine groups is 1. The number of aromatic nitrogens is 2. The lowest BCUT2D eigenvalue weighted by Crippen LogP contribution is -2.36. The Bertz CT molecular complexity index is 697. The van der Waals surface area contributed by atoms with Crippen LogP contribution in [0.3, 0.4) is 0 Å². The van der Waals surface area contributed by atoms with Crippen LogP contribution in [0.25, 0.3) is 0 Å². The van der Waals surface area contributed by atoms with Crippen molar-refractivity contribution in [2.45, 2.75) is 38.9 Å². The first-order valence-electron chi connectivity index (χ1n) is 9.45. The van der Waals surface area contributed by atoms with Crippen LogP contribution < -0.4 is 10.6 Å². The zero-order valence-electron chi connectivity index (χ0n) is 15.9. The number of hydrogen-bond donors (Lipinski definition) is 2. The van der Waals surface area contributed by atoms with Gasteiger partial charge >= 0.3 is 0 Å². The molecule has 6 heteroatoms. The summed E-state index contributed by atoms with van der Waals surface area (Å²) in [6.07, 6.45) is 7.93. The van der Waals surface area contributed by atoms with E-state index in [4.69, 9.17) is 0 Å². The van der Waals surface area contributed by atoms with E-state index in [9.17, 15) is 0 Å². The molecule has 140 valence electrons. The van der Waals surface area contributed by atoms with Crippen molar-refractivity contribution in [2.75, 3.05) is 20.1 Å². The number of aryl methyl sites for hydroxylation is 1. The van der Waals surface area contributed by atoms with Gasteiger partial charge in [-0.3, -0.25) is 14.6 Å². The summed E-state index contributed by atoms with van der Waals surface area (Å²) >= 11 is 0. The van der Waals surface area contributed by atoms with Crippen LogP contribution in [0.2, 0.25) is 0 Å². The predicted octanol–water partition coefficient (Wildman–Crippen LogP) is 2.27. The third-order valence-corrected chi connectivity index (χ3v) is 4.78. The Morgan fingerprint density at radius 3 is 2.27 bits per heavy atom. The largest absolute Gasteiger partial charge is 0.352 e. The molecule has 1 aliphatic heterocycles. The van der Waals surface area contributed by atoms with E-state index in [2.05, 4.69) is 49.9 Å². The van der Waals surface area contributed by atoms with Gasteiger partial charge in [0, 0.05) is 45.5 Å². The molecule has 26 heavy (non-hydrogen) atoms. The molecule has 1 fully saturated rings. The summed E-state index contributed by atoms with van der Waals surface area (Å²) in [5, 5.41) is 10.9. The van der Waals surface area contributed by atoms with Gasteiger partial charge in [0.1, 0.15) is 0 Å². The Hall–Kier alpha value is -2.34. The molecule has 6 nitrogen and oxygen atoms in total. The lowest BCUT2D eigenvalue weighted by Gasteiger charge is -2.26. The topological polar surface area (TPSA) is 57.5 Å². The highest BCUT2D eigenvalue weighted by Crippen LogP contribution is 2.13. The quantitative estimate of drug-likeness (QED) is 0.617. The van der Waals surface area contributed by atoms with Crippen molar-refractivity contribution in [3.05, 3.63) is 53.3 Å². The van der Waals surface area contributed by atoms with Crippen LogP contribution in [0.4, 0.5) is 0 Å². The van der Waals surface area contributed by atoms with Crippen LogP contribution in [0, 0.1) is 0 Å². The Balaban J connectivity index is 1.44. The summed E-state index contributed by atoms with van der Waals surface area (Å²) in [6, 6.07) is 8.91. The van der Waals surface area contributed by atoms with E-state index in [1.807, 2.05) is 19.4 Å². The molecule has 0 unspecified atom stereocenters. The van der Waals surface area contributed by atoms with Gasteiger partial charge in [-0.15, -0.1) is 0 Å². The molecule has 1 aromatic carbocycles. The van der Waals surface area contributed by atoms with Crippen LogP contribution in [0.1, 0.15) is 36.0 Å². The molecular weight excluding hydrogens is 324 g/mol. The second-order valence-corrected chi connectivity index (χ2v) is 6.95. The molecule has 0 spiro atoms. The fourth-order valence-corrected chi connectivity index (χ4v) is 3.29. The first kappa shape index (κ1) is 18.5. The van der Waals surface area contributed by atoms with Crippen LogP contribution in [-0.2, 0) is 26.7 Å². The second-order valence-electron chi connectivity index (χ2n) is 6.95. The summed E-state index contributed by atoms with van der Waals surface area (Å²) < 4.78 is 1.80. The fraction of sp³-hybridized carbons (Fsp3) is 0.500. The first-order chi connectivity index (χ1) is 12.7. The Labute approximate surface area is 156 Å². The Morgan fingerprint density at radius 2 is 1.65 bits per heavy atom. The minimum atomic E-state index is 0.711. The molecule has 1 aromatic heterocycles. The maximum Gasteiger partial charge on any atom is 0.191 e. The molecule has 1 saturated heterocycles. The average Bonchev–Trinajstić information content (AvgIpc) is 3.09. The number of nitrogens with one attached hydrogen (secondary N) is 2. The van der Waals surface area contributed by atoms with Crippen LogP contribution in [0.15, 0.2) is 41.7 Å². The minimum absolute atomic E-state index is 0.711. The molecule has 3 rings (SSSR count). The van der Waals surface area contributed by atoms with E-state index in [0.717, 1.165) is 24.6 Å². The van der Waals surface area contributed by atoms with Crippen LogP contribution in [0.5, 0.6) is 0 Å². The number of benzene rings is 1. The summed E-state index contributed by atoms with van der Waals surface area (Å²) in [5.74, 6) is 0.797. The lowest BCUT2D eigenvalue weighted by atomic mass is 10.1. The third kappa shape index (κ3) is 5.59. The molecule has 2 heterocycles. The normalized spacial score (nSPS) is 15.8. The number of nitrogens with zero attached hydrogens (tertiary/aromatic N) is 4. The molecule has 0 saturated carbocycles. The van der Waals surface area contributed by atoms with Gasteiger partial charge in [0.25, 0.3) is 0 Å². The summed E-state index contributed by atoms with van der Waals surface area (Å²) in [6.45, 7) is 5.02. The van der Waals surface area contributed by atoms with E-state index in [-0.39, 0.29) is 0 Å². The number of rotatable bonds is 6. The van der Waals surface area contributed by atoms with Gasteiger partial charge in [-0.05, 0) is 37.1 Å². The third-order valence-electron chi connectivity index (χ3n) is 4.78. The van der Waals surface area contributed by atoms with Crippen LogP contribution in [-0.4, -0.2) is 40.8 Å². The monoisotopic (exact) mass is 354 g/mol. The van der Waals surface area contributed by atoms with E-state index in [1.165, 1.54) is 43.5 Å². The standard InChI is InChI=1S/C20H30N6/c1-21-20(23-13-19-14-24-25(2)15-19)22-12-17-6-8-18(9-7-17)16-26-10-4-3-5-11-26/h6-9,14-15H,3-5,10-13,16H2,1-2H3,(H2,21,22,23). The summed E-state index contributed by atoms with van der Waals surface area (Å²) in [7, 11) is 3.71. The highest BCUT2D eigenvalue weighted by molar-refractivity contribution is 5.79. The lowest BCUT2D eigenvalue weighted by molar-refractivity contribution is 0.221. The van der Waals surface area contributed by atoms with Gasteiger partial charge < -0.3 is 10.6 Å². The molecule has 0 bridgehead atoms. The van der Waals surface area contributed by atoms with E-state index < -0.39 is 0 Å². The molecular formula is C20H30N6. The van der Waals surface area contributed by atoms with Crippen molar-refractivity contribution in [2.24, 2.45) is 12.0 Å². The minimum Gasteiger partial charge on any atom is -0.352 e. The van der Waals surface area contributed by atoms with Gasteiger partial charge in [0.2, 0.25) is 0 Å². The number of likely N-dealkylation sites (tertiary alicyclic amines) is 1. The van der Waals surface area contributed by atoms with E-state index in [1.54, 1.807) is 11.7 Å². The van der Waals surface area contributed by atoms with Crippen molar-refractivity contribution >= 4 is 5.96 Å². The molecule has 0 atom stereocenters. The van der Waals surface area contributed by atoms with E-state index >= 15 is 0 Å². The van der Waals surface area contributed by atoms with Gasteiger partial charge in [0.15, 0.2) is 5.96 Å². The predicted molar refractivity (Wildman–Crippen MR) is 106 cm³/mol. The molecule has 0 radical (unpaired) electrons. The van der Waals surface area contributed by atoms with Crippen molar-refractivity contribution in [1.82, 2.24) is 25.3 Å². The zero-order valence-corrected chi connectivity index (χ0v) is 15.9. The maximum absolute atomic E-state index is 4.28. The van der Waals surface area contributed by atoms with Gasteiger partial charge in [-0.1, -0.05) is 30.7 Å². The Morgan fingerprint density at radius 1 is 1.00 bits per heavy atom. The van der Waals surface area contributed by atoms with Gasteiger partial charge in [0.05, 0.1) is 6.20 Å². The maximum atomic E-state index is 4.28. The smallest absolute Gasteiger partial charge is 0.191 e. The Kier molecular flexibility index (Phi) is 6.66. The first-order valence-corrected chi connectivity index (χ1v) is 9.45. The molecule has 2 N–H and O–H groups in total. The second kappa shape index (κ2) is 9.38. The average molecular weight is 355 g/mol. The van der Waals surface area contributed by atoms with Crippen molar-refractivity contribution in [3.8, 4) is 0 Å². The number of piperidine rings is 1. The fourth-order valence-electron chi connectivity index (χ4n) is 3.29. The zero-order chi connectivity index (χ0) is 18.2. The highest BCUT2D eigenvalue weighted by Gasteiger charge is 2.10. The van der Waals surface area contributed by atoms with Crippen molar-refractivity contribution in [1.29, 1.82) is 0 Å². The molecule has 1 aliphatic rings. The number of aliphatic imine (C=N–C) groups is 1. The van der Waals surface area contributed by atoms with Crippen LogP contribution >= 0.6 is 0 Å². The van der Waals surface area contributed by atoms with Crippen molar-refractivity contribution in [3.63, 3.8) is 0 Å². The highest BCUT2D eigenvalue weighted by atomic mass is 15.2.